The molecule has 0 aliphatic rings. The maximum Gasteiger partial charge on any atom is 0.150 e. The summed E-state index contributed by atoms with van der Waals surface area (Å²) in [7, 11) is 0. The number of benzene rings is 1. The lowest BCUT2D eigenvalue weighted by Gasteiger charge is -2.06. The normalized spacial score (nSPS) is 10.1. The second-order valence-electron chi connectivity index (χ2n) is 3.58. The Kier molecular flexibility index (Phi) is 2.68. The molecule has 0 spiro atoms. The fourth-order valence-corrected chi connectivity index (χ4v) is 1.55. The Morgan fingerprint density at radius 2 is 2.06 bits per heavy atom. The molecule has 0 radical (unpaired) electrons. The molecular formula is C13H11NO2. The molecule has 2 rings (SSSR count). The van der Waals surface area contributed by atoms with E-state index >= 15 is 0 Å². The summed E-state index contributed by atoms with van der Waals surface area (Å²) in [5.41, 5.74) is 2.56. The molecule has 0 atom stereocenters. The minimum Gasteiger partial charge on any atom is -0.507 e. The van der Waals surface area contributed by atoms with Gasteiger partial charge in [-0.25, -0.2) is 0 Å². The first kappa shape index (κ1) is 10.4. The standard InChI is InChI=1S/C13H11NO2/c1-9-5-6-11(14-7-9)13-10(8-15)3-2-4-12(13)16/h2-8,16H,1H3. The molecule has 16 heavy (non-hydrogen) atoms. The third-order valence-electron chi connectivity index (χ3n) is 2.37. The summed E-state index contributed by atoms with van der Waals surface area (Å²) in [5, 5.41) is 9.75. The first-order valence-electron chi connectivity index (χ1n) is 4.92. The van der Waals surface area contributed by atoms with Crippen molar-refractivity contribution in [1.82, 2.24) is 4.98 Å². The highest BCUT2D eigenvalue weighted by Crippen LogP contribution is 2.30. The van der Waals surface area contributed by atoms with Crippen molar-refractivity contribution < 1.29 is 9.90 Å². The lowest BCUT2D eigenvalue weighted by Crippen LogP contribution is -1.91. The maximum atomic E-state index is 10.9. The number of hydrogen-bond donors (Lipinski definition) is 1. The van der Waals surface area contributed by atoms with E-state index in [0.717, 1.165) is 11.8 Å². The highest BCUT2D eigenvalue weighted by Gasteiger charge is 2.10. The maximum absolute atomic E-state index is 10.9. The zero-order chi connectivity index (χ0) is 11.5. The van der Waals surface area contributed by atoms with Crippen molar-refractivity contribution in [3.63, 3.8) is 0 Å². The third kappa shape index (κ3) is 1.80. The van der Waals surface area contributed by atoms with Crippen LogP contribution in [0.15, 0.2) is 36.5 Å². The zero-order valence-electron chi connectivity index (χ0n) is 8.84. The minimum absolute atomic E-state index is 0.0703. The van der Waals surface area contributed by atoms with Gasteiger partial charge in [0, 0.05) is 11.8 Å². The van der Waals surface area contributed by atoms with Gasteiger partial charge in [-0.05, 0) is 24.6 Å². The van der Waals surface area contributed by atoms with Crippen molar-refractivity contribution in [3.8, 4) is 17.0 Å². The summed E-state index contributed by atoms with van der Waals surface area (Å²) in [6.45, 7) is 1.93. The first-order valence-corrected chi connectivity index (χ1v) is 4.92. The molecule has 0 amide bonds. The fraction of sp³-hybridized carbons (Fsp3) is 0.0769. The number of phenols is 1. The molecule has 0 unspecified atom stereocenters. The number of aldehydes is 1. The third-order valence-corrected chi connectivity index (χ3v) is 2.37. The van der Waals surface area contributed by atoms with Gasteiger partial charge in [0.05, 0.1) is 11.3 Å². The van der Waals surface area contributed by atoms with E-state index in [1.807, 2.05) is 13.0 Å². The average molecular weight is 213 g/mol. The number of pyridine rings is 1. The SMILES string of the molecule is Cc1ccc(-c2c(O)cccc2C=O)nc1. The van der Waals surface area contributed by atoms with Gasteiger partial charge in [-0.3, -0.25) is 9.78 Å². The van der Waals surface area contributed by atoms with Crippen LogP contribution in [0.1, 0.15) is 15.9 Å². The number of phenolic OH excluding ortho intramolecular Hbond substituents is 1. The highest BCUT2D eigenvalue weighted by atomic mass is 16.3. The molecule has 2 aromatic rings. The molecule has 0 bridgehead atoms. The van der Waals surface area contributed by atoms with Gasteiger partial charge in [-0.15, -0.1) is 0 Å². The van der Waals surface area contributed by atoms with E-state index in [1.165, 1.54) is 0 Å². The number of nitrogens with zero attached hydrogens (tertiary/aromatic N) is 1. The minimum atomic E-state index is 0.0703. The number of carbonyl (C=O) groups excluding carboxylic acids is 1. The van der Waals surface area contributed by atoms with Crippen molar-refractivity contribution in [3.05, 3.63) is 47.7 Å². The molecule has 0 aliphatic heterocycles. The molecule has 80 valence electrons. The Morgan fingerprint density at radius 3 is 2.69 bits per heavy atom. The largest absolute Gasteiger partial charge is 0.507 e. The molecule has 1 aromatic carbocycles. The van der Waals surface area contributed by atoms with E-state index in [1.54, 1.807) is 30.5 Å². The number of hydrogen-bond acceptors (Lipinski definition) is 3. The summed E-state index contributed by atoms with van der Waals surface area (Å²) in [5.74, 6) is 0.0703. The van der Waals surface area contributed by atoms with Gasteiger partial charge in [0.25, 0.3) is 0 Å². The smallest absolute Gasteiger partial charge is 0.150 e. The monoisotopic (exact) mass is 213 g/mol. The van der Waals surface area contributed by atoms with Crippen LogP contribution in [0.25, 0.3) is 11.3 Å². The number of aromatic hydroxyl groups is 1. The van der Waals surface area contributed by atoms with E-state index in [0.29, 0.717) is 16.8 Å². The van der Waals surface area contributed by atoms with Crippen LogP contribution in [0.5, 0.6) is 5.75 Å². The number of carbonyl (C=O) groups is 1. The number of aromatic nitrogens is 1. The summed E-state index contributed by atoms with van der Waals surface area (Å²) in [6, 6.07) is 8.52. The Labute approximate surface area is 93.4 Å². The molecule has 0 saturated heterocycles. The van der Waals surface area contributed by atoms with Crippen LogP contribution in [0.2, 0.25) is 0 Å². The molecule has 1 aromatic heterocycles. The van der Waals surface area contributed by atoms with Crippen molar-refractivity contribution in [1.29, 1.82) is 0 Å². The zero-order valence-corrected chi connectivity index (χ0v) is 8.84. The number of aryl methyl sites for hydroxylation is 1. The van der Waals surface area contributed by atoms with Gasteiger partial charge in [-0.1, -0.05) is 18.2 Å². The van der Waals surface area contributed by atoms with Crippen LogP contribution in [-0.4, -0.2) is 16.4 Å². The van der Waals surface area contributed by atoms with Crippen LogP contribution in [0, 0.1) is 6.92 Å². The van der Waals surface area contributed by atoms with Gasteiger partial charge in [0.2, 0.25) is 0 Å². The molecule has 0 saturated carbocycles. The average Bonchev–Trinajstić information content (AvgIpc) is 2.30. The Hall–Kier alpha value is -2.16. The Balaban J connectivity index is 2.63. The van der Waals surface area contributed by atoms with E-state index in [2.05, 4.69) is 4.98 Å². The van der Waals surface area contributed by atoms with Crippen molar-refractivity contribution in [2.45, 2.75) is 6.92 Å². The van der Waals surface area contributed by atoms with Crippen molar-refractivity contribution >= 4 is 6.29 Å². The first-order chi connectivity index (χ1) is 7.72. The molecule has 1 N–H and O–H groups in total. The van der Waals surface area contributed by atoms with E-state index in [9.17, 15) is 9.90 Å². The van der Waals surface area contributed by atoms with Crippen LogP contribution in [0.3, 0.4) is 0 Å². The fourth-order valence-electron chi connectivity index (χ4n) is 1.55. The molecular weight excluding hydrogens is 202 g/mol. The summed E-state index contributed by atoms with van der Waals surface area (Å²) < 4.78 is 0. The quantitative estimate of drug-likeness (QED) is 0.780. The van der Waals surface area contributed by atoms with Crippen LogP contribution in [0.4, 0.5) is 0 Å². The second-order valence-corrected chi connectivity index (χ2v) is 3.58. The predicted molar refractivity (Wildman–Crippen MR) is 61.5 cm³/mol. The summed E-state index contributed by atoms with van der Waals surface area (Å²) in [4.78, 5) is 15.1. The van der Waals surface area contributed by atoms with Gasteiger partial charge in [0.15, 0.2) is 6.29 Å². The summed E-state index contributed by atoms with van der Waals surface area (Å²) >= 11 is 0. The summed E-state index contributed by atoms with van der Waals surface area (Å²) in [6.07, 6.45) is 2.42. The lowest BCUT2D eigenvalue weighted by molar-refractivity contribution is 0.112. The molecule has 0 aliphatic carbocycles. The Bertz CT molecular complexity index is 518. The topological polar surface area (TPSA) is 50.2 Å². The lowest BCUT2D eigenvalue weighted by atomic mass is 10.0. The van der Waals surface area contributed by atoms with Gasteiger partial charge in [0.1, 0.15) is 5.75 Å². The predicted octanol–water partition coefficient (Wildman–Crippen LogP) is 2.58. The molecule has 0 fully saturated rings. The van der Waals surface area contributed by atoms with Gasteiger partial charge >= 0.3 is 0 Å². The van der Waals surface area contributed by atoms with E-state index in [4.69, 9.17) is 0 Å². The van der Waals surface area contributed by atoms with Crippen LogP contribution >= 0.6 is 0 Å². The van der Waals surface area contributed by atoms with Crippen molar-refractivity contribution in [2.75, 3.05) is 0 Å². The van der Waals surface area contributed by atoms with E-state index in [-0.39, 0.29) is 5.75 Å². The second kappa shape index (κ2) is 4.14. The molecule has 3 nitrogen and oxygen atoms in total. The number of rotatable bonds is 2. The van der Waals surface area contributed by atoms with Crippen LogP contribution < -0.4 is 0 Å². The highest BCUT2D eigenvalue weighted by molar-refractivity contribution is 5.89. The Morgan fingerprint density at radius 1 is 1.25 bits per heavy atom. The van der Waals surface area contributed by atoms with Gasteiger partial charge < -0.3 is 5.11 Å². The molecule has 1 heterocycles. The van der Waals surface area contributed by atoms with Crippen molar-refractivity contribution in [2.24, 2.45) is 0 Å². The van der Waals surface area contributed by atoms with E-state index < -0.39 is 0 Å². The molecule has 3 heteroatoms. The van der Waals surface area contributed by atoms with Crippen LogP contribution in [-0.2, 0) is 0 Å². The van der Waals surface area contributed by atoms with Gasteiger partial charge in [-0.2, -0.15) is 0 Å².